The van der Waals surface area contributed by atoms with Crippen molar-refractivity contribution in [3.63, 3.8) is 0 Å². The largest absolute Gasteiger partial charge is 0.486 e. The first-order chi connectivity index (χ1) is 5.86. The summed E-state index contributed by atoms with van der Waals surface area (Å²) >= 11 is 0. The molecule has 0 spiro atoms. The van der Waals surface area contributed by atoms with E-state index >= 15 is 0 Å². The zero-order valence-electron chi connectivity index (χ0n) is 7.26. The molecule has 1 heteroatoms. The summed E-state index contributed by atoms with van der Waals surface area (Å²) in [5.41, 5.74) is 5.68. The van der Waals surface area contributed by atoms with Gasteiger partial charge in [0.2, 0.25) is 0 Å². The van der Waals surface area contributed by atoms with Gasteiger partial charge in [-0.2, -0.15) is 0 Å². The molecule has 0 unspecified atom stereocenters. The zero-order valence-corrected chi connectivity index (χ0v) is 7.26. The lowest BCUT2D eigenvalue weighted by Gasteiger charge is -2.16. The summed E-state index contributed by atoms with van der Waals surface area (Å²) in [6.45, 7) is 2.91. The Kier molecular flexibility index (Phi) is 1.89. The maximum Gasteiger partial charge on any atom is 0.165 e. The smallest absolute Gasteiger partial charge is 0.165 e. The van der Waals surface area contributed by atoms with Crippen LogP contribution in [-0.2, 0) is 4.74 Å². The fourth-order valence-electron chi connectivity index (χ4n) is 1.40. The predicted molar refractivity (Wildman–Crippen MR) is 48.6 cm³/mol. The van der Waals surface area contributed by atoms with Crippen LogP contribution in [0.4, 0.5) is 0 Å². The highest BCUT2D eigenvalue weighted by atomic mass is 16.5. The lowest BCUT2D eigenvalue weighted by atomic mass is 10.1. The van der Waals surface area contributed by atoms with E-state index in [1.54, 1.807) is 0 Å². The van der Waals surface area contributed by atoms with Gasteiger partial charge in [0, 0.05) is 5.57 Å². The molecule has 1 fully saturated rings. The number of ether oxygens (including phenoxy) is 1. The highest BCUT2D eigenvalue weighted by Crippen LogP contribution is 2.24. The van der Waals surface area contributed by atoms with Crippen LogP contribution in [0.3, 0.4) is 0 Å². The van der Waals surface area contributed by atoms with E-state index in [0.717, 1.165) is 25.2 Å². The van der Waals surface area contributed by atoms with Crippen LogP contribution in [0.25, 0.3) is 0 Å². The Morgan fingerprint density at radius 2 is 2.33 bits per heavy atom. The second kappa shape index (κ2) is 3.04. The summed E-state index contributed by atoms with van der Waals surface area (Å²) in [7, 11) is 0. The summed E-state index contributed by atoms with van der Waals surface area (Å²) in [6, 6.07) is 0. The Hall–Kier alpha value is -1.20. The summed E-state index contributed by atoms with van der Waals surface area (Å²) in [6.07, 6.45) is 8.48. The Morgan fingerprint density at radius 3 is 3.25 bits per heavy atom. The van der Waals surface area contributed by atoms with E-state index in [4.69, 9.17) is 4.74 Å². The van der Waals surface area contributed by atoms with Crippen LogP contribution in [0.1, 0.15) is 19.8 Å². The lowest BCUT2D eigenvalue weighted by molar-refractivity contribution is 0.195. The third kappa shape index (κ3) is 1.37. The molecule has 1 aliphatic carbocycles. The van der Waals surface area contributed by atoms with Crippen LogP contribution in [-0.4, -0.2) is 6.61 Å². The van der Waals surface area contributed by atoms with Gasteiger partial charge >= 0.3 is 0 Å². The molecule has 0 bridgehead atoms. The van der Waals surface area contributed by atoms with Crippen molar-refractivity contribution in [3.05, 3.63) is 40.9 Å². The van der Waals surface area contributed by atoms with Gasteiger partial charge in [0.1, 0.15) is 0 Å². The molecule has 2 aliphatic rings. The molecular weight excluding hydrogens is 148 g/mol. The van der Waals surface area contributed by atoms with E-state index < -0.39 is 0 Å². The minimum absolute atomic E-state index is 0.840. The fraction of sp³-hybridized carbons (Fsp3) is 0.364. The molecule has 0 radical (unpaired) electrons. The summed E-state index contributed by atoms with van der Waals surface area (Å²) in [5.74, 6) is 0.939. The maximum absolute atomic E-state index is 5.48. The Bertz CT molecular complexity index is 312. The molecule has 0 amide bonds. The van der Waals surface area contributed by atoms with E-state index in [2.05, 4.69) is 24.8 Å². The first-order valence-corrected chi connectivity index (χ1v) is 4.33. The zero-order chi connectivity index (χ0) is 8.39. The quantitative estimate of drug-likeness (QED) is 0.495. The summed E-state index contributed by atoms with van der Waals surface area (Å²) < 4.78 is 5.48. The lowest BCUT2D eigenvalue weighted by Crippen LogP contribution is -2.05. The monoisotopic (exact) mass is 160 g/mol. The van der Waals surface area contributed by atoms with Gasteiger partial charge in [0.05, 0.1) is 6.61 Å². The second-order valence-corrected chi connectivity index (χ2v) is 3.17. The number of fused-ring (bicyclic) bond motifs is 1. The fourth-order valence-corrected chi connectivity index (χ4v) is 1.40. The van der Waals surface area contributed by atoms with Gasteiger partial charge in [-0.1, -0.05) is 17.9 Å². The van der Waals surface area contributed by atoms with Crippen LogP contribution in [0.5, 0.6) is 0 Å². The molecule has 0 N–H and O–H groups in total. The van der Waals surface area contributed by atoms with Crippen LogP contribution in [0.15, 0.2) is 40.9 Å². The molecule has 12 heavy (non-hydrogen) atoms. The predicted octanol–water partition coefficient (Wildman–Crippen LogP) is 2.72. The normalized spacial score (nSPS) is 21.2. The molecule has 62 valence electrons. The average molecular weight is 160 g/mol. The van der Waals surface area contributed by atoms with Crippen molar-refractivity contribution in [2.75, 3.05) is 6.61 Å². The number of hydrogen-bond acceptors (Lipinski definition) is 1. The molecule has 2 rings (SSSR count). The van der Waals surface area contributed by atoms with Gasteiger partial charge in [0.25, 0.3) is 0 Å². The number of hydrogen-bond donors (Lipinski definition) is 0. The average Bonchev–Trinajstić information content (AvgIpc) is 2.29. The number of rotatable bonds is 0. The van der Waals surface area contributed by atoms with E-state index in [0.29, 0.717) is 0 Å². The van der Waals surface area contributed by atoms with Crippen molar-refractivity contribution in [3.8, 4) is 0 Å². The Balaban J connectivity index is 2.40. The highest BCUT2D eigenvalue weighted by Gasteiger charge is 2.12. The van der Waals surface area contributed by atoms with Crippen molar-refractivity contribution in [2.24, 2.45) is 0 Å². The second-order valence-electron chi connectivity index (χ2n) is 3.17. The van der Waals surface area contributed by atoms with Crippen molar-refractivity contribution in [2.45, 2.75) is 19.8 Å². The van der Waals surface area contributed by atoms with Gasteiger partial charge in [0.15, 0.2) is 5.76 Å². The molecule has 1 nitrogen and oxygen atoms in total. The summed E-state index contributed by atoms with van der Waals surface area (Å²) in [4.78, 5) is 0. The third-order valence-electron chi connectivity index (χ3n) is 2.11. The molecule has 0 aromatic rings. The first kappa shape index (κ1) is 7.45. The topological polar surface area (TPSA) is 9.23 Å². The van der Waals surface area contributed by atoms with Crippen molar-refractivity contribution in [1.29, 1.82) is 0 Å². The van der Waals surface area contributed by atoms with Crippen LogP contribution in [0.2, 0.25) is 0 Å². The third-order valence-corrected chi connectivity index (χ3v) is 2.11. The summed E-state index contributed by atoms with van der Waals surface area (Å²) in [5, 5.41) is 0. The molecule has 0 saturated carbocycles. The minimum Gasteiger partial charge on any atom is -0.486 e. The SMILES string of the molecule is CC1=CC=C2CCCOC2=C=C1. The van der Waals surface area contributed by atoms with E-state index in [-0.39, 0.29) is 0 Å². The van der Waals surface area contributed by atoms with E-state index in [9.17, 15) is 0 Å². The molecule has 1 aliphatic heterocycles. The Morgan fingerprint density at radius 1 is 1.42 bits per heavy atom. The van der Waals surface area contributed by atoms with Gasteiger partial charge in [-0.25, -0.2) is 0 Å². The van der Waals surface area contributed by atoms with Gasteiger partial charge < -0.3 is 4.74 Å². The van der Waals surface area contributed by atoms with Gasteiger partial charge in [-0.3, -0.25) is 0 Å². The molecule has 0 aromatic heterocycles. The van der Waals surface area contributed by atoms with Crippen molar-refractivity contribution in [1.82, 2.24) is 0 Å². The van der Waals surface area contributed by atoms with Gasteiger partial charge in [-0.05, 0) is 31.4 Å². The molecular formula is C11H12O. The van der Waals surface area contributed by atoms with Crippen molar-refractivity contribution >= 4 is 0 Å². The van der Waals surface area contributed by atoms with Gasteiger partial charge in [-0.15, -0.1) is 0 Å². The molecule has 0 aromatic carbocycles. The Labute approximate surface area is 72.7 Å². The van der Waals surface area contributed by atoms with Crippen LogP contribution < -0.4 is 0 Å². The molecule has 1 saturated heterocycles. The first-order valence-electron chi connectivity index (χ1n) is 4.33. The minimum atomic E-state index is 0.840. The van der Waals surface area contributed by atoms with E-state index in [1.807, 2.05) is 6.08 Å². The number of allylic oxidation sites excluding steroid dienone is 4. The standard InChI is InChI=1S/C11H12O/c1-9-4-6-10-3-2-8-12-11(10)7-5-9/h4-6H,2-3,8H2,1H3. The highest BCUT2D eigenvalue weighted by molar-refractivity contribution is 5.37. The molecule has 1 heterocycles. The van der Waals surface area contributed by atoms with Crippen molar-refractivity contribution < 1.29 is 4.74 Å². The van der Waals surface area contributed by atoms with Crippen LogP contribution in [0, 0.1) is 0 Å². The van der Waals surface area contributed by atoms with Crippen LogP contribution >= 0.6 is 0 Å². The van der Waals surface area contributed by atoms with E-state index in [1.165, 1.54) is 11.1 Å². The molecule has 0 atom stereocenters. The maximum atomic E-state index is 5.48.